The van der Waals surface area contributed by atoms with Crippen LogP contribution < -0.4 is 10.1 Å². The molecule has 3 aromatic rings. The lowest BCUT2D eigenvalue weighted by molar-refractivity contribution is 0.101. The fourth-order valence-corrected chi connectivity index (χ4v) is 2.60. The Morgan fingerprint density at radius 1 is 1.19 bits per heavy atom. The van der Waals surface area contributed by atoms with E-state index in [0.29, 0.717) is 5.69 Å². The van der Waals surface area contributed by atoms with Crippen molar-refractivity contribution in [3.63, 3.8) is 0 Å². The molecule has 0 unspecified atom stereocenters. The number of anilines is 1. The van der Waals surface area contributed by atoms with Gasteiger partial charge in [0.15, 0.2) is 0 Å². The fourth-order valence-electron chi connectivity index (χ4n) is 2.60. The predicted octanol–water partition coefficient (Wildman–Crippen LogP) is 2.89. The summed E-state index contributed by atoms with van der Waals surface area (Å²) in [5.41, 5.74) is 3.67. The summed E-state index contributed by atoms with van der Waals surface area (Å²) >= 11 is 0. The van der Waals surface area contributed by atoms with Gasteiger partial charge in [-0.3, -0.25) is 4.79 Å². The van der Waals surface area contributed by atoms with Crippen molar-refractivity contribution in [1.82, 2.24) is 14.8 Å². The van der Waals surface area contributed by atoms with E-state index in [9.17, 15) is 9.90 Å². The van der Waals surface area contributed by atoms with E-state index in [4.69, 9.17) is 4.74 Å². The molecular formula is C20H22N4O3. The Morgan fingerprint density at radius 2 is 1.93 bits per heavy atom. The normalized spacial score (nSPS) is 11.9. The minimum absolute atomic E-state index is 0.0511. The van der Waals surface area contributed by atoms with Crippen LogP contribution in [0.4, 0.5) is 5.69 Å². The number of carbonyl (C=O) groups excluding carboxylic acids is 1. The highest BCUT2D eigenvalue weighted by Gasteiger charge is 2.15. The number of nitrogens with zero attached hydrogens (tertiary/aromatic N) is 3. The minimum Gasteiger partial charge on any atom is -0.497 e. The number of hydrogen-bond acceptors (Lipinski definition) is 5. The summed E-state index contributed by atoms with van der Waals surface area (Å²) in [5.74, 6) is 0.378. The first-order valence-corrected chi connectivity index (χ1v) is 8.56. The van der Waals surface area contributed by atoms with Gasteiger partial charge in [0.25, 0.3) is 5.91 Å². The van der Waals surface area contributed by atoms with Gasteiger partial charge < -0.3 is 15.2 Å². The lowest BCUT2D eigenvalue weighted by atomic mass is 10.1. The molecule has 0 saturated carbocycles. The second kappa shape index (κ2) is 8.01. The van der Waals surface area contributed by atoms with Gasteiger partial charge in [0.2, 0.25) is 5.82 Å². The highest BCUT2D eigenvalue weighted by atomic mass is 16.5. The smallest absolute Gasteiger partial charge is 0.295 e. The van der Waals surface area contributed by atoms with E-state index in [1.807, 2.05) is 32.0 Å². The van der Waals surface area contributed by atoms with Gasteiger partial charge in [-0.15, -0.1) is 5.10 Å². The molecule has 1 amide bonds. The Hall–Kier alpha value is -3.19. The minimum atomic E-state index is -0.770. The van der Waals surface area contributed by atoms with Crippen LogP contribution in [0, 0.1) is 13.8 Å². The van der Waals surface area contributed by atoms with Crippen LogP contribution in [0.2, 0.25) is 0 Å². The summed E-state index contributed by atoms with van der Waals surface area (Å²) in [6.07, 6.45) is 0.662. The summed E-state index contributed by atoms with van der Waals surface area (Å²) in [4.78, 5) is 16.4. The van der Waals surface area contributed by atoms with Crippen molar-refractivity contribution in [1.29, 1.82) is 0 Å². The van der Waals surface area contributed by atoms with E-state index in [-0.39, 0.29) is 12.4 Å². The van der Waals surface area contributed by atoms with Crippen LogP contribution >= 0.6 is 0 Å². The van der Waals surface area contributed by atoms with Gasteiger partial charge >= 0.3 is 0 Å². The van der Waals surface area contributed by atoms with Crippen LogP contribution in [-0.4, -0.2) is 32.9 Å². The Bertz CT molecular complexity index is 935. The number of benzene rings is 2. The van der Waals surface area contributed by atoms with Crippen LogP contribution in [0.15, 0.2) is 48.8 Å². The standard InChI is InChI=1S/C20H22N4O3/c1-13-4-7-16(10-14(13)2)22-20(26)19-21-12-24(23-19)11-18(25)15-5-8-17(27-3)9-6-15/h4-10,12,18,25H,11H2,1-3H3,(H,22,26)/t18-/m0/s1. The first-order valence-electron chi connectivity index (χ1n) is 8.56. The van der Waals surface area contributed by atoms with Crippen molar-refractivity contribution in [2.75, 3.05) is 12.4 Å². The number of aliphatic hydroxyl groups excluding tert-OH is 1. The van der Waals surface area contributed by atoms with E-state index >= 15 is 0 Å². The Morgan fingerprint density at radius 3 is 2.59 bits per heavy atom. The van der Waals surface area contributed by atoms with Gasteiger partial charge in [0, 0.05) is 5.69 Å². The molecule has 1 aromatic heterocycles. The van der Waals surface area contributed by atoms with Crippen molar-refractivity contribution in [3.8, 4) is 5.75 Å². The molecule has 0 bridgehead atoms. The number of aromatic nitrogens is 3. The lowest BCUT2D eigenvalue weighted by Crippen LogP contribution is -2.15. The number of amides is 1. The monoisotopic (exact) mass is 366 g/mol. The van der Waals surface area contributed by atoms with Gasteiger partial charge in [0.1, 0.15) is 12.1 Å². The van der Waals surface area contributed by atoms with Gasteiger partial charge in [0.05, 0.1) is 19.8 Å². The van der Waals surface area contributed by atoms with E-state index < -0.39 is 12.0 Å². The second-order valence-electron chi connectivity index (χ2n) is 6.33. The number of hydrogen-bond donors (Lipinski definition) is 2. The number of carbonyl (C=O) groups is 1. The van der Waals surface area contributed by atoms with Crippen LogP contribution in [0.25, 0.3) is 0 Å². The highest BCUT2D eigenvalue weighted by molar-refractivity contribution is 6.01. The third-order valence-corrected chi connectivity index (χ3v) is 4.36. The molecule has 0 radical (unpaired) electrons. The highest BCUT2D eigenvalue weighted by Crippen LogP contribution is 2.19. The molecule has 0 aliphatic carbocycles. The maximum Gasteiger partial charge on any atom is 0.295 e. The van der Waals surface area contributed by atoms with Crippen LogP contribution in [0.5, 0.6) is 5.75 Å². The van der Waals surface area contributed by atoms with E-state index in [0.717, 1.165) is 22.4 Å². The number of ether oxygens (including phenoxy) is 1. The zero-order chi connectivity index (χ0) is 19.4. The molecule has 2 N–H and O–H groups in total. The summed E-state index contributed by atoms with van der Waals surface area (Å²) in [6, 6.07) is 12.8. The van der Waals surface area contributed by atoms with Gasteiger partial charge in [-0.1, -0.05) is 18.2 Å². The predicted molar refractivity (Wildman–Crippen MR) is 102 cm³/mol. The topological polar surface area (TPSA) is 89.3 Å². The van der Waals surface area contributed by atoms with Crippen molar-refractivity contribution in [2.45, 2.75) is 26.5 Å². The zero-order valence-corrected chi connectivity index (χ0v) is 15.5. The molecule has 0 aliphatic rings. The SMILES string of the molecule is COc1ccc([C@@H](O)Cn2cnc(C(=O)Nc3ccc(C)c(C)c3)n2)cc1. The first kappa shape index (κ1) is 18.6. The van der Waals surface area contributed by atoms with Crippen molar-refractivity contribution in [2.24, 2.45) is 0 Å². The largest absolute Gasteiger partial charge is 0.497 e. The molecular weight excluding hydrogens is 344 g/mol. The maximum absolute atomic E-state index is 12.3. The summed E-state index contributed by atoms with van der Waals surface area (Å²) in [6.45, 7) is 4.19. The van der Waals surface area contributed by atoms with Gasteiger partial charge in [-0.2, -0.15) is 0 Å². The first-order chi connectivity index (χ1) is 13.0. The summed E-state index contributed by atoms with van der Waals surface area (Å²) in [5, 5.41) is 17.3. The molecule has 1 heterocycles. The quantitative estimate of drug-likeness (QED) is 0.700. The molecule has 1 atom stereocenters. The van der Waals surface area contributed by atoms with Crippen LogP contribution in [0.1, 0.15) is 33.4 Å². The second-order valence-corrected chi connectivity index (χ2v) is 6.33. The molecule has 7 nitrogen and oxygen atoms in total. The Labute approximate surface area is 157 Å². The molecule has 0 spiro atoms. The number of nitrogens with one attached hydrogen (secondary N) is 1. The molecule has 0 saturated heterocycles. The van der Waals surface area contributed by atoms with Gasteiger partial charge in [-0.25, -0.2) is 9.67 Å². The molecule has 3 rings (SSSR count). The number of aliphatic hydroxyl groups is 1. The van der Waals surface area contributed by atoms with E-state index in [2.05, 4.69) is 15.4 Å². The number of rotatable bonds is 6. The summed E-state index contributed by atoms with van der Waals surface area (Å²) in [7, 11) is 1.59. The number of methoxy groups -OCH3 is 1. The molecule has 7 heteroatoms. The maximum atomic E-state index is 12.3. The van der Waals surface area contributed by atoms with E-state index in [1.165, 1.54) is 11.0 Å². The fraction of sp³-hybridized carbons (Fsp3) is 0.250. The van der Waals surface area contributed by atoms with Crippen molar-refractivity contribution >= 4 is 11.6 Å². The molecule has 0 fully saturated rings. The Kier molecular flexibility index (Phi) is 5.52. The van der Waals surface area contributed by atoms with Crippen molar-refractivity contribution in [3.05, 3.63) is 71.3 Å². The molecule has 2 aromatic carbocycles. The van der Waals surface area contributed by atoms with Crippen molar-refractivity contribution < 1.29 is 14.6 Å². The van der Waals surface area contributed by atoms with Crippen LogP contribution in [-0.2, 0) is 6.54 Å². The van der Waals surface area contributed by atoms with Crippen LogP contribution in [0.3, 0.4) is 0 Å². The van der Waals surface area contributed by atoms with E-state index in [1.54, 1.807) is 31.4 Å². The number of aryl methyl sites for hydroxylation is 2. The average molecular weight is 366 g/mol. The lowest BCUT2D eigenvalue weighted by Gasteiger charge is -2.11. The zero-order valence-electron chi connectivity index (χ0n) is 15.5. The average Bonchev–Trinajstić information content (AvgIpc) is 3.13. The summed E-state index contributed by atoms with van der Waals surface area (Å²) < 4.78 is 6.55. The molecule has 27 heavy (non-hydrogen) atoms. The van der Waals surface area contributed by atoms with Gasteiger partial charge in [-0.05, 0) is 54.8 Å². The third-order valence-electron chi connectivity index (χ3n) is 4.36. The Balaban J connectivity index is 1.64. The molecule has 140 valence electrons. The molecule has 0 aliphatic heterocycles. The third kappa shape index (κ3) is 4.51.